The molecule has 0 saturated heterocycles. The second-order valence-electron chi connectivity index (χ2n) is 6.16. The minimum atomic E-state index is -3.85. The summed E-state index contributed by atoms with van der Waals surface area (Å²) in [5.41, 5.74) is -0.471. The number of sulfonamides is 1. The van der Waals surface area contributed by atoms with Crippen molar-refractivity contribution < 1.29 is 23.1 Å². The number of nitrogens with one attached hydrogen (secondary N) is 2. The minimum absolute atomic E-state index is 0.0581. The minimum Gasteiger partial charge on any atom is -0.480 e. The van der Waals surface area contributed by atoms with E-state index in [1.165, 1.54) is 13.0 Å². The first-order chi connectivity index (χ1) is 10.4. The first kappa shape index (κ1) is 19.6. The van der Waals surface area contributed by atoms with Crippen molar-refractivity contribution in [3.8, 4) is 0 Å². The predicted octanol–water partition coefficient (Wildman–Crippen LogP) is 1.20. The average Bonchev–Trinajstić information content (AvgIpc) is 2.86. The number of rotatable bonds is 7. The average molecular weight is 362 g/mol. The van der Waals surface area contributed by atoms with Crippen LogP contribution < -0.4 is 10.0 Å². The molecule has 1 aromatic heterocycles. The van der Waals surface area contributed by atoms with Crippen molar-refractivity contribution in [2.45, 2.75) is 44.4 Å². The Morgan fingerprint density at radius 3 is 2.43 bits per heavy atom. The van der Waals surface area contributed by atoms with Crippen molar-refractivity contribution in [3.63, 3.8) is 0 Å². The Hall–Kier alpha value is -1.45. The van der Waals surface area contributed by atoms with Crippen LogP contribution in [0.3, 0.4) is 0 Å². The molecule has 0 radical (unpaired) electrons. The van der Waals surface area contributed by atoms with Crippen LogP contribution in [0.2, 0.25) is 0 Å². The largest absolute Gasteiger partial charge is 0.480 e. The lowest BCUT2D eigenvalue weighted by atomic mass is 9.96. The highest BCUT2D eigenvalue weighted by Crippen LogP contribution is 2.22. The van der Waals surface area contributed by atoms with Gasteiger partial charge in [0.1, 0.15) is 10.3 Å². The molecule has 0 aromatic carbocycles. The van der Waals surface area contributed by atoms with Gasteiger partial charge in [0.15, 0.2) is 0 Å². The lowest BCUT2D eigenvalue weighted by Gasteiger charge is -2.17. The van der Waals surface area contributed by atoms with Gasteiger partial charge in [-0.2, -0.15) is 4.72 Å². The smallest absolute Gasteiger partial charge is 0.321 e. The van der Waals surface area contributed by atoms with Gasteiger partial charge in [0.25, 0.3) is 10.0 Å². The molecule has 0 spiro atoms. The zero-order chi connectivity index (χ0) is 17.8. The van der Waals surface area contributed by atoms with E-state index in [9.17, 15) is 18.0 Å². The highest BCUT2D eigenvalue weighted by Gasteiger charge is 2.23. The van der Waals surface area contributed by atoms with Gasteiger partial charge >= 0.3 is 5.97 Å². The van der Waals surface area contributed by atoms with Gasteiger partial charge in [-0.05, 0) is 25.5 Å². The van der Waals surface area contributed by atoms with Gasteiger partial charge in [0.05, 0.1) is 0 Å². The summed E-state index contributed by atoms with van der Waals surface area (Å²) >= 11 is 1.06. The van der Waals surface area contributed by atoms with Crippen molar-refractivity contribution in [2.24, 2.45) is 5.41 Å². The molecule has 3 N–H and O–H groups in total. The number of carbonyl (C=O) groups is 2. The van der Waals surface area contributed by atoms with Gasteiger partial charge in [-0.25, -0.2) is 8.42 Å². The van der Waals surface area contributed by atoms with Crippen LogP contribution in [0.5, 0.6) is 0 Å². The Bertz CT molecular complexity index is 674. The summed E-state index contributed by atoms with van der Waals surface area (Å²) < 4.78 is 26.2. The molecule has 1 heterocycles. The molecule has 7 nitrogen and oxygen atoms in total. The van der Waals surface area contributed by atoms with Gasteiger partial charge in [0.2, 0.25) is 5.91 Å². The maximum Gasteiger partial charge on any atom is 0.321 e. The van der Waals surface area contributed by atoms with Crippen LogP contribution in [0.4, 0.5) is 0 Å². The summed E-state index contributed by atoms with van der Waals surface area (Å²) in [5, 5.41) is 11.6. The second kappa shape index (κ2) is 7.41. The first-order valence-electron chi connectivity index (χ1n) is 7.05. The number of carboxylic acid groups (broad SMARTS) is 1. The van der Waals surface area contributed by atoms with Gasteiger partial charge in [-0.1, -0.05) is 20.8 Å². The van der Waals surface area contributed by atoms with E-state index in [4.69, 9.17) is 5.11 Å². The van der Waals surface area contributed by atoms with Crippen LogP contribution in [0.15, 0.2) is 16.3 Å². The van der Waals surface area contributed by atoms with E-state index in [0.717, 1.165) is 16.2 Å². The van der Waals surface area contributed by atoms with Crippen molar-refractivity contribution in [1.29, 1.82) is 0 Å². The Kier molecular flexibility index (Phi) is 6.32. The lowest BCUT2D eigenvalue weighted by Crippen LogP contribution is -2.37. The highest BCUT2D eigenvalue weighted by atomic mass is 32.2. The number of amides is 1. The third kappa shape index (κ3) is 5.92. The molecule has 0 aliphatic carbocycles. The SMILES string of the molecule is C[C@H](NS(=O)(=O)c1ccc(CCNC(=O)C(C)(C)C)s1)C(=O)O. The number of carbonyl (C=O) groups excluding carboxylic acids is 1. The normalized spacial score (nSPS) is 13.6. The molecule has 0 aliphatic rings. The fraction of sp³-hybridized carbons (Fsp3) is 0.571. The number of thiophene rings is 1. The van der Waals surface area contributed by atoms with Crippen LogP contribution in [-0.4, -0.2) is 38.0 Å². The standard InChI is InChI=1S/C14H22N2O5S2/c1-9(12(17)18)16-23(20,21)11-6-5-10(22-11)7-8-15-13(19)14(2,3)4/h5-6,9,16H,7-8H2,1-4H3,(H,15,19)(H,17,18)/t9-/m0/s1. The second-order valence-corrected chi connectivity index (χ2v) is 9.27. The molecular formula is C14H22N2O5S2. The van der Waals surface area contributed by atoms with Crippen LogP contribution >= 0.6 is 11.3 Å². The van der Waals surface area contributed by atoms with Crippen molar-refractivity contribution >= 4 is 33.2 Å². The predicted molar refractivity (Wildman–Crippen MR) is 87.9 cm³/mol. The number of aliphatic carboxylic acids is 1. The lowest BCUT2D eigenvalue weighted by molar-refractivity contribution is -0.138. The van der Waals surface area contributed by atoms with Crippen molar-refractivity contribution in [3.05, 3.63) is 17.0 Å². The Balaban J connectivity index is 2.64. The molecular weight excluding hydrogens is 340 g/mol. The van der Waals surface area contributed by atoms with E-state index >= 15 is 0 Å². The molecule has 1 aromatic rings. The van der Waals surface area contributed by atoms with Gasteiger partial charge in [0, 0.05) is 16.8 Å². The fourth-order valence-corrected chi connectivity index (χ4v) is 4.11. The molecule has 0 fully saturated rings. The van der Waals surface area contributed by atoms with Crippen LogP contribution in [0.25, 0.3) is 0 Å². The summed E-state index contributed by atoms with van der Waals surface area (Å²) in [7, 11) is -3.85. The van der Waals surface area contributed by atoms with Crippen LogP contribution in [0, 0.1) is 5.41 Å². The monoisotopic (exact) mass is 362 g/mol. The molecule has 0 saturated carbocycles. The summed E-state index contributed by atoms with van der Waals surface area (Å²) in [5.74, 6) is -1.31. The van der Waals surface area contributed by atoms with E-state index in [0.29, 0.717) is 13.0 Å². The highest BCUT2D eigenvalue weighted by molar-refractivity contribution is 7.91. The fourth-order valence-electron chi connectivity index (χ4n) is 1.54. The molecule has 23 heavy (non-hydrogen) atoms. The summed E-state index contributed by atoms with van der Waals surface area (Å²) in [6.45, 7) is 7.11. The maximum absolute atomic E-state index is 12.0. The van der Waals surface area contributed by atoms with Gasteiger partial charge < -0.3 is 10.4 Å². The molecule has 0 unspecified atom stereocenters. The van der Waals surface area contributed by atoms with E-state index in [1.54, 1.807) is 6.07 Å². The van der Waals surface area contributed by atoms with E-state index in [-0.39, 0.29) is 10.1 Å². The van der Waals surface area contributed by atoms with Gasteiger partial charge in [-0.15, -0.1) is 11.3 Å². The molecule has 0 bridgehead atoms. The topological polar surface area (TPSA) is 113 Å². The molecule has 1 rings (SSSR count). The molecule has 1 atom stereocenters. The van der Waals surface area contributed by atoms with E-state index < -0.39 is 27.4 Å². The zero-order valence-corrected chi connectivity index (χ0v) is 15.2. The summed E-state index contributed by atoms with van der Waals surface area (Å²) in [4.78, 5) is 23.3. The Morgan fingerprint density at radius 2 is 1.91 bits per heavy atom. The third-order valence-electron chi connectivity index (χ3n) is 2.94. The van der Waals surface area contributed by atoms with Crippen LogP contribution in [-0.2, 0) is 26.0 Å². The molecule has 9 heteroatoms. The zero-order valence-electron chi connectivity index (χ0n) is 13.5. The quantitative estimate of drug-likeness (QED) is 0.675. The third-order valence-corrected chi connectivity index (χ3v) is 6.12. The molecule has 130 valence electrons. The summed E-state index contributed by atoms with van der Waals surface area (Å²) in [6, 6.07) is 1.90. The van der Waals surface area contributed by atoms with Crippen molar-refractivity contribution in [2.75, 3.05) is 6.54 Å². The Labute approximate surface area is 140 Å². The van der Waals surface area contributed by atoms with E-state index in [1.807, 2.05) is 20.8 Å². The van der Waals surface area contributed by atoms with Crippen molar-refractivity contribution in [1.82, 2.24) is 10.0 Å². The number of carboxylic acids is 1. The maximum atomic E-state index is 12.0. The summed E-state index contributed by atoms with van der Waals surface area (Å²) in [6.07, 6.45) is 0.510. The first-order valence-corrected chi connectivity index (χ1v) is 9.35. The van der Waals surface area contributed by atoms with Gasteiger partial charge in [-0.3, -0.25) is 9.59 Å². The molecule has 0 aliphatic heterocycles. The van der Waals surface area contributed by atoms with Crippen LogP contribution in [0.1, 0.15) is 32.6 Å². The number of hydrogen-bond donors (Lipinski definition) is 3. The Morgan fingerprint density at radius 1 is 1.30 bits per heavy atom. The number of hydrogen-bond acceptors (Lipinski definition) is 5. The van der Waals surface area contributed by atoms with E-state index in [2.05, 4.69) is 10.0 Å². The molecule has 1 amide bonds.